The number of fused-ring (bicyclic) bond motifs is 1. The number of carbonyl (C=O) groups is 1. The highest BCUT2D eigenvalue weighted by Gasteiger charge is 2.22. The maximum atomic E-state index is 12.5. The normalized spacial score (nSPS) is 12.8. The molecule has 0 atom stereocenters. The van der Waals surface area contributed by atoms with E-state index < -0.39 is 0 Å². The molecule has 1 aromatic carbocycles. The third-order valence-electron chi connectivity index (χ3n) is 4.21. The Labute approximate surface area is 167 Å². The number of thiazole rings is 1. The van der Waals surface area contributed by atoms with Crippen molar-refractivity contribution in [3.05, 3.63) is 46.6 Å². The van der Waals surface area contributed by atoms with Crippen molar-refractivity contribution in [1.29, 1.82) is 0 Å². The fraction of sp³-hybridized carbons (Fsp3) is 0.278. The quantitative estimate of drug-likeness (QED) is 0.606. The predicted octanol–water partition coefficient (Wildman–Crippen LogP) is 3.25. The zero-order chi connectivity index (χ0) is 17.9. The van der Waals surface area contributed by atoms with E-state index in [1.807, 2.05) is 36.6 Å². The lowest BCUT2D eigenvalue weighted by Gasteiger charge is -2.12. The summed E-state index contributed by atoms with van der Waals surface area (Å²) in [4.78, 5) is 17.0. The number of nitrogens with zero attached hydrogens (tertiary/aromatic N) is 2. The molecule has 4 rings (SSSR count). The van der Waals surface area contributed by atoms with Crippen LogP contribution in [0.4, 0.5) is 5.13 Å². The van der Waals surface area contributed by atoms with Crippen molar-refractivity contribution < 1.29 is 9.53 Å². The Balaban J connectivity index is 0.00000210. The fourth-order valence-electron chi connectivity index (χ4n) is 2.92. The first-order chi connectivity index (χ1) is 12.7. The van der Waals surface area contributed by atoms with Gasteiger partial charge in [-0.25, -0.2) is 4.98 Å². The van der Waals surface area contributed by atoms with Gasteiger partial charge in [-0.05, 0) is 31.2 Å². The molecule has 27 heavy (non-hydrogen) atoms. The highest BCUT2D eigenvalue weighted by Crippen LogP contribution is 2.27. The van der Waals surface area contributed by atoms with E-state index in [0.29, 0.717) is 24.0 Å². The van der Waals surface area contributed by atoms with Crippen molar-refractivity contribution in [3.63, 3.8) is 0 Å². The van der Waals surface area contributed by atoms with Gasteiger partial charge in [-0.15, -0.1) is 23.7 Å². The van der Waals surface area contributed by atoms with Gasteiger partial charge in [0.15, 0.2) is 10.8 Å². The van der Waals surface area contributed by atoms with Crippen LogP contribution in [-0.2, 0) is 13.0 Å². The van der Waals surface area contributed by atoms with Crippen molar-refractivity contribution in [2.24, 2.45) is 0 Å². The van der Waals surface area contributed by atoms with E-state index in [-0.39, 0.29) is 18.3 Å². The number of benzene rings is 1. The second kappa shape index (κ2) is 8.51. The molecule has 0 fully saturated rings. The summed E-state index contributed by atoms with van der Waals surface area (Å²) in [5.41, 5.74) is 4.20. The van der Waals surface area contributed by atoms with Gasteiger partial charge in [-0.3, -0.25) is 15.2 Å². The lowest BCUT2D eigenvalue weighted by Crippen LogP contribution is -2.25. The molecule has 0 spiro atoms. The summed E-state index contributed by atoms with van der Waals surface area (Å²) in [5.74, 6) is 0.593. The lowest BCUT2D eigenvalue weighted by atomic mass is 10.1. The van der Waals surface area contributed by atoms with Gasteiger partial charge in [0.05, 0.1) is 12.3 Å². The topological polar surface area (TPSA) is 91.9 Å². The predicted molar refractivity (Wildman–Crippen MR) is 108 cm³/mol. The van der Waals surface area contributed by atoms with Crippen LogP contribution in [0.1, 0.15) is 28.7 Å². The van der Waals surface area contributed by atoms with Gasteiger partial charge in [0, 0.05) is 41.7 Å². The zero-order valence-electron chi connectivity index (χ0n) is 14.7. The number of hydrogen-bond donors (Lipinski definition) is 3. The third kappa shape index (κ3) is 4.13. The highest BCUT2D eigenvalue weighted by molar-refractivity contribution is 7.14. The van der Waals surface area contributed by atoms with Gasteiger partial charge in [0.25, 0.3) is 5.91 Å². The number of rotatable bonds is 5. The van der Waals surface area contributed by atoms with E-state index >= 15 is 0 Å². The second-order valence-corrected chi connectivity index (χ2v) is 6.76. The van der Waals surface area contributed by atoms with Crippen molar-refractivity contribution in [3.8, 4) is 17.0 Å². The molecular formula is C18H20ClN5O2S. The van der Waals surface area contributed by atoms with Crippen LogP contribution in [0.5, 0.6) is 5.75 Å². The van der Waals surface area contributed by atoms with Crippen LogP contribution in [0.3, 0.4) is 0 Å². The second-order valence-electron chi connectivity index (χ2n) is 5.91. The molecule has 0 radical (unpaired) electrons. The van der Waals surface area contributed by atoms with E-state index in [1.54, 1.807) is 0 Å². The van der Waals surface area contributed by atoms with Crippen LogP contribution in [0.15, 0.2) is 29.6 Å². The molecule has 1 aliphatic rings. The minimum Gasteiger partial charge on any atom is -0.494 e. The standard InChI is InChI=1S/C18H19N5O2S.ClH/c1-2-25-12-5-3-11(4-6-12)15-10-26-18(20-15)21-17(24)16-13-9-19-8-7-14(13)22-23-16;/h3-6,10,19H,2,7-9H2,1H3,(H,22,23)(H,20,21,24);1H. The fourth-order valence-corrected chi connectivity index (χ4v) is 3.64. The monoisotopic (exact) mass is 405 g/mol. The van der Waals surface area contributed by atoms with E-state index in [9.17, 15) is 4.79 Å². The number of hydrogen-bond acceptors (Lipinski definition) is 6. The smallest absolute Gasteiger partial charge is 0.278 e. The molecular weight excluding hydrogens is 386 g/mol. The van der Waals surface area contributed by atoms with E-state index in [1.165, 1.54) is 11.3 Å². The molecule has 0 saturated heterocycles. The number of amides is 1. The average Bonchev–Trinajstić information content (AvgIpc) is 3.29. The van der Waals surface area contributed by atoms with Crippen molar-refractivity contribution in [2.45, 2.75) is 19.9 Å². The molecule has 2 aromatic heterocycles. The number of nitrogens with one attached hydrogen (secondary N) is 3. The molecule has 0 bridgehead atoms. The van der Waals surface area contributed by atoms with Crippen LogP contribution in [0, 0.1) is 0 Å². The van der Waals surface area contributed by atoms with Crippen LogP contribution < -0.4 is 15.4 Å². The lowest BCUT2D eigenvalue weighted by molar-refractivity contribution is 0.102. The van der Waals surface area contributed by atoms with Gasteiger partial charge in [-0.2, -0.15) is 5.10 Å². The Morgan fingerprint density at radius 1 is 1.33 bits per heavy atom. The minimum absolute atomic E-state index is 0. The maximum absolute atomic E-state index is 12.5. The number of anilines is 1. The van der Waals surface area contributed by atoms with Crippen molar-refractivity contribution in [2.75, 3.05) is 18.5 Å². The number of aromatic nitrogens is 3. The SMILES string of the molecule is CCOc1ccc(-c2csc(NC(=O)c3n[nH]c4c3CNCC4)n2)cc1.Cl. The Kier molecular flexibility index (Phi) is 6.10. The first-order valence-electron chi connectivity index (χ1n) is 8.51. The van der Waals surface area contributed by atoms with Gasteiger partial charge in [0.1, 0.15) is 5.75 Å². The molecule has 3 N–H and O–H groups in total. The van der Waals surface area contributed by atoms with Crippen LogP contribution in [-0.4, -0.2) is 34.2 Å². The number of halogens is 1. The molecule has 3 heterocycles. The molecule has 0 aliphatic carbocycles. The van der Waals surface area contributed by atoms with E-state index in [2.05, 4.69) is 25.8 Å². The summed E-state index contributed by atoms with van der Waals surface area (Å²) >= 11 is 1.39. The van der Waals surface area contributed by atoms with Crippen molar-refractivity contribution >= 4 is 34.8 Å². The Morgan fingerprint density at radius 2 is 2.15 bits per heavy atom. The van der Waals surface area contributed by atoms with Crippen molar-refractivity contribution in [1.82, 2.24) is 20.5 Å². The van der Waals surface area contributed by atoms with E-state index in [0.717, 1.165) is 41.2 Å². The van der Waals surface area contributed by atoms with Gasteiger partial charge in [-0.1, -0.05) is 0 Å². The van der Waals surface area contributed by atoms with Crippen LogP contribution >= 0.6 is 23.7 Å². The van der Waals surface area contributed by atoms with Crippen LogP contribution in [0.25, 0.3) is 11.3 Å². The summed E-state index contributed by atoms with van der Waals surface area (Å²) in [7, 11) is 0. The molecule has 1 aliphatic heterocycles. The minimum atomic E-state index is -0.237. The Morgan fingerprint density at radius 3 is 2.93 bits per heavy atom. The molecule has 3 aromatic rings. The summed E-state index contributed by atoms with van der Waals surface area (Å²) in [6, 6.07) is 7.75. The average molecular weight is 406 g/mol. The molecule has 1 amide bonds. The third-order valence-corrected chi connectivity index (χ3v) is 4.96. The summed E-state index contributed by atoms with van der Waals surface area (Å²) in [6.07, 6.45) is 0.856. The molecule has 7 nitrogen and oxygen atoms in total. The molecule has 0 unspecified atom stereocenters. The zero-order valence-corrected chi connectivity index (χ0v) is 16.4. The largest absolute Gasteiger partial charge is 0.494 e. The van der Waals surface area contributed by atoms with Gasteiger partial charge < -0.3 is 10.1 Å². The summed E-state index contributed by atoms with van der Waals surface area (Å²) in [5, 5.41) is 15.7. The first-order valence-corrected chi connectivity index (χ1v) is 9.39. The number of aromatic amines is 1. The maximum Gasteiger partial charge on any atom is 0.278 e. The van der Waals surface area contributed by atoms with Crippen LogP contribution in [0.2, 0.25) is 0 Å². The van der Waals surface area contributed by atoms with E-state index in [4.69, 9.17) is 4.74 Å². The summed E-state index contributed by atoms with van der Waals surface area (Å²) in [6.45, 7) is 4.15. The molecule has 9 heteroatoms. The number of ether oxygens (including phenoxy) is 1. The van der Waals surface area contributed by atoms with Gasteiger partial charge in [0.2, 0.25) is 0 Å². The number of carbonyl (C=O) groups excluding carboxylic acids is 1. The summed E-state index contributed by atoms with van der Waals surface area (Å²) < 4.78 is 5.45. The first kappa shape index (κ1) is 19.3. The Hall–Kier alpha value is -2.42. The Bertz CT molecular complexity index is 922. The van der Waals surface area contributed by atoms with Gasteiger partial charge >= 0.3 is 0 Å². The number of H-pyrrole nitrogens is 1. The molecule has 142 valence electrons. The highest BCUT2D eigenvalue weighted by atomic mass is 35.5. The molecule has 0 saturated carbocycles.